The highest BCUT2D eigenvalue weighted by molar-refractivity contribution is 7.92. The molecule has 4 aromatic carbocycles. The van der Waals surface area contributed by atoms with Crippen molar-refractivity contribution in [2.75, 3.05) is 10.8 Å². The van der Waals surface area contributed by atoms with Crippen molar-refractivity contribution in [1.82, 2.24) is 10.2 Å². The summed E-state index contributed by atoms with van der Waals surface area (Å²) in [5, 5.41) is 3.26. The lowest BCUT2D eigenvalue weighted by Crippen LogP contribution is -2.54. The lowest BCUT2D eigenvalue weighted by atomic mass is 10.0. The Kier molecular flexibility index (Phi) is 10.6. The molecular weight excluding hydrogens is 589 g/mol. The minimum Gasteiger partial charge on any atom is -0.352 e. The highest BCUT2D eigenvalue weighted by Crippen LogP contribution is 2.26. The van der Waals surface area contributed by atoms with Crippen LogP contribution in [0.3, 0.4) is 0 Å². The van der Waals surface area contributed by atoms with Crippen LogP contribution in [0.4, 0.5) is 10.1 Å². The van der Waals surface area contributed by atoms with E-state index >= 15 is 0 Å². The summed E-state index contributed by atoms with van der Waals surface area (Å²) in [4.78, 5) is 29.2. The molecule has 4 rings (SSSR count). The van der Waals surface area contributed by atoms with Gasteiger partial charge in [0, 0.05) is 29.6 Å². The van der Waals surface area contributed by atoms with Gasteiger partial charge in [0.2, 0.25) is 11.8 Å². The van der Waals surface area contributed by atoms with Crippen LogP contribution in [0.25, 0.3) is 0 Å². The summed E-state index contributed by atoms with van der Waals surface area (Å²) in [6, 6.07) is 27.6. The van der Waals surface area contributed by atoms with Crippen molar-refractivity contribution < 1.29 is 22.4 Å². The standard InChI is InChI=1S/C33H33ClFN3O4S/c1-24(2)36-33(40)31(21-25-11-5-3-6-12-25)37(22-26-13-9-10-16-30(26)35)32(39)23-38(28-19-17-27(34)18-20-28)43(41,42)29-14-7-4-8-15-29/h3-20,24,31H,21-23H2,1-2H3,(H,36,40)/t31-/m1/s1. The van der Waals surface area contributed by atoms with Gasteiger partial charge in [0.25, 0.3) is 10.0 Å². The molecule has 0 saturated heterocycles. The maximum atomic E-state index is 14.9. The van der Waals surface area contributed by atoms with Gasteiger partial charge >= 0.3 is 0 Å². The Morgan fingerprint density at radius 3 is 2.02 bits per heavy atom. The van der Waals surface area contributed by atoms with Crippen molar-refractivity contribution in [3.63, 3.8) is 0 Å². The van der Waals surface area contributed by atoms with E-state index in [9.17, 15) is 22.4 Å². The van der Waals surface area contributed by atoms with Crippen LogP contribution < -0.4 is 9.62 Å². The Morgan fingerprint density at radius 1 is 0.837 bits per heavy atom. The average molecular weight is 622 g/mol. The van der Waals surface area contributed by atoms with E-state index in [1.807, 2.05) is 30.3 Å². The van der Waals surface area contributed by atoms with E-state index in [2.05, 4.69) is 5.32 Å². The number of rotatable bonds is 12. The van der Waals surface area contributed by atoms with Gasteiger partial charge in [-0.05, 0) is 61.9 Å². The number of anilines is 1. The molecule has 0 unspecified atom stereocenters. The normalized spacial score (nSPS) is 12.0. The van der Waals surface area contributed by atoms with Gasteiger partial charge in [-0.3, -0.25) is 13.9 Å². The summed E-state index contributed by atoms with van der Waals surface area (Å²) in [6.45, 7) is 2.70. The zero-order valence-electron chi connectivity index (χ0n) is 23.9. The first-order chi connectivity index (χ1) is 20.6. The lowest BCUT2D eigenvalue weighted by Gasteiger charge is -2.34. The maximum Gasteiger partial charge on any atom is 0.264 e. The van der Waals surface area contributed by atoms with Gasteiger partial charge in [-0.15, -0.1) is 0 Å². The highest BCUT2D eigenvalue weighted by Gasteiger charge is 2.35. The van der Waals surface area contributed by atoms with Gasteiger partial charge in [0.1, 0.15) is 18.4 Å². The van der Waals surface area contributed by atoms with Crippen LogP contribution in [0.15, 0.2) is 114 Å². The van der Waals surface area contributed by atoms with E-state index in [1.165, 1.54) is 59.5 Å². The second kappa shape index (κ2) is 14.3. The Bertz CT molecular complexity index is 1640. The highest BCUT2D eigenvalue weighted by atomic mass is 35.5. The molecule has 0 bridgehead atoms. The molecule has 0 fully saturated rings. The van der Waals surface area contributed by atoms with Crippen molar-refractivity contribution in [1.29, 1.82) is 0 Å². The Hall–Kier alpha value is -4.21. The molecule has 2 amide bonds. The van der Waals surface area contributed by atoms with Gasteiger partial charge < -0.3 is 10.2 Å². The Morgan fingerprint density at radius 2 is 1.42 bits per heavy atom. The molecule has 0 radical (unpaired) electrons. The molecule has 0 aliphatic heterocycles. The van der Waals surface area contributed by atoms with Gasteiger partial charge in [0.05, 0.1) is 10.6 Å². The molecular formula is C33H33ClFN3O4S. The largest absolute Gasteiger partial charge is 0.352 e. The Balaban J connectivity index is 1.80. The first-order valence-electron chi connectivity index (χ1n) is 13.8. The zero-order chi connectivity index (χ0) is 31.0. The Labute approximate surface area is 257 Å². The maximum absolute atomic E-state index is 14.9. The van der Waals surface area contributed by atoms with Gasteiger partial charge in [0.15, 0.2) is 0 Å². The molecule has 4 aromatic rings. The molecule has 0 aliphatic carbocycles. The number of hydrogen-bond acceptors (Lipinski definition) is 4. The van der Waals surface area contributed by atoms with Crippen LogP contribution in [0.1, 0.15) is 25.0 Å². The van der Waals surface area contributed by atoms with E-state index in [0.717, 1.165) is 9.87 Å². The summed E-state index contributed by atoms with van der Waals surface area (Å²) in [5.41, 5.74) is 1.18. The number of halogens is 2. The first-order valence-corrected chi connectivity index (χ1v) is 15.6. The lowest BCUT2D eigenvalue weighted by molar-refractivity contribution is -0.140. The quantitative estimate of drug-likeness (QED) is 0.215. The minimum atomic E-state index is -4.23. The zero-order valence-corrected chi connectivity index (χ0v) is 25.4. The number of nitrogens with one attached hydrogen (secondary N) is 1. The molecule has 10 heteroatoms. The first kappa shape index (κ1) is 31.7. The van der Waals surface area contributed by atoms with Crippen molar-refractivity contribution in [3.8, 4) is 0 Å². The van der Waals surface area contributed by atoms with E-state index in [4.69, 9.17) is 11.6 Å². The average Bonchev–Trinajstić information content (AvgIpc) is 2.99. The fourth-order valence-corrected chi connectivity index (χ4v) is 6.16. The SMILES string of the molecule is CC(C)NC(=O)[C@@H](Cc1ccccc1)N(Cc1ccccc1F)C(=O)CN(c1ccc(Cl)cc1)S(=O)(=O)c1ccccc1. The van der Waals surface area contributed by atoms with Crippen LogP contribution in [-0.2, 0) is 32.6 Å². The number of hydrogen-bond donors (Lipinski definition) is 1. The van der Waals surface area contributed by atoms with E-state index in [0.29, 0.717) is 5.02 Å². The molecule has 0 heterocycles. The molecule has 7 nitrogen and oxygen atoms in total. The van der Waals surface area contributed by atoms with Gasteiger partial charge in [-0.25, -0.2) is 12.8 Å². The van der Waals surface area contributed by atoms with Crippen LogP contribution in [-0.4, -0.2) is 43.8 Å². The number of nitrogens with zero attached hydrogens (tertiary/aromatic N) is 2. The summed E-state index contributed by atoms with van der Waals surface area (Å²) < 4.78 is 43.7. The number of carbonyl (C=O) groups excluding carboxylic acids is 2. The van der Waals surface area contributed by atoms with E-state index in [-0.39, 0.29) is 35.2 Å². The minimum absolute atomic E-state index is 0.0169. The molecule has 43 heavy (non-hydrogen) atoms. The third kappa shape index (κ3) is 8.21. The van der Waals surface area contributed by atoms with Crippen molar-refractivity contribution in [3.05, 3.63) is 131 Å². The smallest absolute Gasteiger partial charge is 0.264 e. The number of carbonyl (C=O) groups is 2. The number of sulfonamides is 1. The summed E-state index contributed by atoms with van der Waals surface area (Å²) in [5.74, 6) is -1.67. The molecule has 1 N–H and O–H groups in total. The van der Waals surface area contributed by atoms with Crippen LogP contribution in [0, 0.1) is 5.82 Å². The second-order valence-electron chi connectivity index (χ2n) is 10.3. The second-order valence-corrected chi connectivity index (χ2v) is 12.6. The van der Waals surface area contributed by atoms with Crippen molar-refractivity contribution in [2.45, 2.75) is 43.8 Å². The van der Waals surface area contributed by atoms with E-state index in [1.54, 1.807) is 38.1 Å². The van der Waals surface area contributed by atoms with Crippen molar-refractivity contribution in [2.24, 2.45) is 0 Å². The van der Waals surface area contributed by atoms with Crippen LogP contribution in [0.5, 0.6) is 0 Å². The number of amides is 2. The third-order valence-electron chi connectivity index (χ3n) is 6.73. The fourth-order valence-electron chi connectivity index (χ4n) is 4.60. The predicted octanol–water partition coefficient (Wildman–Crippen LogP) is 5.84. The van der Waals surface area contributed by atoms with Gasteiger partial charge in [-0.2, -0.15) is 0 Å². The fraction of sp³-hybridized carbons (Fsp3) is 0.212. The molecule has 224 valence electrons. The predicted molar refractivity (Wildman–Crippen MR) is 167 cm³/mol. The van der Waals surface area contributed by atoms with Crippen molar-refractivity contribution >= 4 is 39.1 Å². The molecule has 0 aliphatic rings. The summed E-state index contributed by atoms with van der Waals surface area (Å²) in [7, 11) is -4.23. The summed E-state index contributed by atoms with van der Waals surface area (Å²) >= 11 is 6.08. The molecule has 0 saturated carbocycles. The van der Waals surface area contributed by atoms with Gasteiger partial charge in [-0.1, -0.05) is 78.3 Å². The number of benzene rings is 4. The molecule has 0 aromatic heterocycles. The topological polar surface area (TPSA) is 86.8 Å². The third-order valence-corrected chi connectivity index (χ3v) is 8.77. The molecule has 1 atom stereocenters. The van der Waals surface area contributed by atoms with E-state index < -0.39 is 40.2 Å². The molecule has 0 spiro atoms. The summed E-state index contributed by atoms with van der Waals surface area (Å²) in [6.07, 6.45) is 0.131. The van der Waals surface area contributed by atoms with Crippen LogP contribution in [0.2, 0.25) is 5.02 Å². The van der Waals surface area contributed by atoms with Crippen LogP contribution >= 0.6 is 11.6 Å². The monoisotopic (exact) mass is 621 g/mol.